The number of anilines is 1. The third-order valence-corrected chi connectivity index (χ3v) is 4.52. The number of nitrogens with two attached hydrogens (primary N) is 1. The van der Waals surface area contributed by atoms with Gasteiger partial charge in [-0.2, -0.15) is 0 Å². The molecule has 1 saturated carbocycles. The Hall–Kier alpha value is -2.73. The van der Waals surface area contributed by atoms with Gasteiger partial charge in [0.15, 0.2) is 11.5 Å². The largest absolute Gasteiger partial charge is 0.493 e. The van der Waals surface area contributed by atoms with Crippen LogP contribution >= 0.6 is 0 Å². The second kappa shape index (κ2) is 9.28. The highest BCUT2D eigenvalue weighted by Gasteiger charge is 2.19. The maximum absolute atomic E-state index is 12.5. The van der Waals surface area contributed by atoms with Crippen LogP contribution in [0.5, 0.6) is 17.2 Å². The van der Waals surface area contributed by atoms with Crippen molar-refractivity contribution in [3.05, 3.63) is 48.0 Å². The predicted molar refractivity (Wildman–Crippen MR) is 105 cm³/mol. The van der Waals surface area contributed by atoms with Crippen molar-refractivity contribution >= 4 is 11.6 Å². The number of ether oxygens (including phenoxy) is 3. The van der Waals surface area contributed by atoms with Crippen molar-refractivity contribution in [2.24, 2.45) is 5.73 Å². The number of carbonyl (C=O) groups is 1. The van der Waals surface area contributed by atoms with E-state index in [0.29, 0.717) is 41.7 Å². The van der Waals surface area contributed by atoms with Crippen LogP contribution in [0, 0.1) is 0 Å². The third-order valence-electron chi connectivity index (χ3n) is 4.52. The predicted octanol–water partition coefficient (Wildman–Crippen LogP) is 3.61. The minimum Gasteiger partial charge on any atom is -0.493 e. The van der Waals surface area contributed by atoms with E-state index in [-0.39, 0.29) is 12.0 Å². The average molecular weight is 370 g/mol. The first-order valence-electron chi connectivity index (χ1n) is 9.28. The molecule has 27 heavy (non-hydrogen) atoms. The number of amides is 1. The first-order valence-corrected chi connectivity index (χ1v) is 9.28. The summed E-state index contributed by atoms with van der Waals surface area (Å²) in [5.74, 6) is 1.76. The van der Waals surface area contributed by atoms with Crippen molar-refractivity contribution in [1.29, 1.82) is 0 Å². The second-order valence-corrected chi connectivity index (χ2v) is 6.51. The molecule has 0 saturated heterocycles. The Labute approximate surface area is 159 Å². The number of methoxy groups -OCH3 is 1. The van der Waals surface area contributed by atoms with Crippen LogP contribution in [0.3, 0.4) is 0 Å². The third kappa shape index (κ3) is 5.14. The minimum absolute atomic E-state index is 0.212. The molecule has 2 aromatic carbocycles. The van der Waals surface area contributed by atoms with Crippen LogP contribution < -0.4 is 25.3 Å². The molecule has 0 aromatic heterocycles. The topological polar surface area (TPSA) is 82.8 Å². The van der Waals surface area contributed by atoms with Crippen molar-refractivity contribution in [3.63, 3.8) is 0 Å². The maximum atomic E-state index is 12.5. The first kappa shape index (κ1) is 19.0. The lowest BCUT2D eigenvalue weighted by Crippen LogP contribution is -2.14. The van der Waals surface area contributed by atoms with Crippen LogP contribution in [0.15, 0.2) is 42.5 Å². The molecule has 3 rings (SSSR count). The Morgan fingerprint density at radius 2 is 1.85 bits per heavy atom. The van der Waals surface area contributed by atoms with Crippen LogP contribution in [0.4, 0.5) is 5.69 Å². The highest BCUT2D eigenvalue weighted by molar-refractivity contribution is 6.04. The quantitative estimate of drug-likeness (QED) is 0.742. The highest BCUT2D eigenvalue weighted by Crippen LogP contribution is 2.32. The first-order chi connectivity index (χ1) is 13.2. The molecule has 1 fully saturated rings. The van der Waals surface area contributed by atoms with E-state index >= 15 is 0 Å². The van der Waals surface area contributed by atoms with Gasteiger partial charge in [0, 0.05) is 17.8 Å². The van der Waals surface area contributed by atoms with E-state index in [1.807, 2.05) is 0 Å². The smallest absolute Gasteiger partial charge is 0.255 e. The van der Waals surface area contributed by atoms with Gasteiger partial charge in [-0.05, 0) is 68.1 Å². The Balaban J connectivity index is 1.65. The molecule has 1 amide bonds. The number of nitrogens with one attached hydrogen (secondary N) is 1. The molecule has 1 aliphatic carbocycles. The van der Waals surface area contributed by atoms with Crippen LogP contribution in [-0.2, 0) is 0 Å². The molecule has 6 heteroatoms. The molecule has 0 spiro atoms. The maximum Gasteiger partial charge on any atom is 0.255 e. The number of carbonyl (C=O) groups excluding carboxylic acids is 1. The van der Waals surface area contributed by atoms with Gasteiger partial charge < -0.3 is 25.3 Å². The Bertz CT molecular complexity index is 755. The van der Waals surface area contributed by atoms with Crippen molar-refractivity contribution in [3.8, 4) is 17.2 Å². The average Bonchev–Trinajstić information content (AvgIpc) is 3.21. The van der Waals surface area contributed by atoms with E-state index in [9.17, 15) is 4.79 Å². The molecule has 144 valence electrons. The lowest BCUT2D eigenvalue weighted by atomic mass is 10.1. The van der Waals surface area contributed by atoms with E-state index in [1.165, 1.54) is 12.8 Å². The van der Waals surface area contributed by atoms with Crippen LogP contribution in [0.25, 0.3) is 0 Å². The van der Waals surface area contributed by atoms with E-state index in [1.54, 1.807) is 49.6 Å². The summed E-state index contributed by atoms with van der Waals surface area (Å²) in [4.78, 5) is 12.5. The molecule has 0 atom stereocenters. The Morgan fingerprint density at radius 3 is 2.52 bits per heavy atom. The number of rotatable bonds is 8. The van der Waals surface area contributed by atoms with Gasteiger partial charge in [-0.25, -0.2) is 0 Å². The van der Waals surface area contributed by atoms with Crippen LogP contribution in [-0.4, -0.2) is 32.3 Å². The summed E-state index contributed by atoms with van der Waals surface area (Å²) in [6.45, 7) is 0.918. The van der Waals surface area contributed by atoms with Crippen molar-refractivity contribution in [1.82, 2.24) is 0 Å². The molecule has 6 nitrogen and oxygen atoms in total. The van der Waals surface area contributed by atoms with E-state index < -0.39 is 0 Å². The summed E-state index contributed by atoms with van der Waals surface area (Å²) < 4.78 is 16.9. The molecule has 3 N–H and O–H groups in total. The van der Waals surface area contributed by atoms with Gasteiger partial charge in [-0.3, -0.25) is 4.79 Å². The lowest BCUT2D eigenvalue weighted by molar-refractivity contribution is 0.102. The monoisotopic (exact) mass is 370 g/mol. The zero-order chi connectivity index (χ0) is 19.1. The van der Waals surface area contributed by atoms with Gasteiger partial charge in [0.25, 0.3) is 5.91 Å². The summed E-state index contributed by atoms with van der Waals surface area (Å²) in [7, 11) is 1.58. The second-order valence-electron chi connectivity index (χ2n) is 6.51. The van der Waals surface area contributed by atoms with Gasteiger partial charge in [0.05, 0.1) is 13.2 Å². The summed E-state index contributed by atoms with van der Waals surface area (Å²) >= 11 is 0. The number of hydrogen-bond donors (Lipinski definition) is 2. The summed E-state index contributed by atoms with van der Waals surface area (Å²) in [5.41, 5.74) is 6.61. The van der Waals surface area contributed by atoms with E-state index in [2.05, 4.69) is 5.32 Å². The fourth-order valence-corrected chi connectivity index (χ4v) is 3.11. The fourth-order valence-electron chi connectivity index (χ4n) is 3.11. The normalized spacial score (nSPS) is 14.0. The van der Waals surface area contributed by atoms with Crippen molar-refractivity contribution in [2.75, 3.05) is 25.6 Å². The molecule has 0 heterocycles. The molecule has 2 aromatic rings. The molecule has 0 unspecified atom stereocenters. The summed E-state index contributed by atoms with van der Waals surface area (Å²) in [5, 5.41) is 2.87. The van der Waals surface area contributed by atoms with Crippen LogP contribution in [0.1, 0.15) is 36.0 Å². The SMILES string of the molecule is COc1cc(C(=O)Nc2ccc(OCCN)cc2)ccc1OC1CCCC1. The standard InChI is InChI=1S/C21H26N2O4/c1-25-20-14-15(6-11-19(20)27-18-4-2-3-5-18)21(24)23-16-7-9-17(10-8-16)26-13-12-22/h6-11,14,18H,2-5,12-13,22H2,1H3,(H,23,24). The van der Waals surface area contributed by atoms with E-state index in [0.717, 1.165) is 12.8 Å². The molecule has 1 aliphatic rings. The van der Waals surface area contributed by atoms with Crippen molar-refractivity contribution in [2.45, 2.75) is 31.8 Å². The summed E-state index contributed by atoms with van der Waals surface area (Å²) in [6, 6.07) is 12.4. The van der Waals surface area contributed by atoms with Gasteiger partial charge in [-0.1, -0.05) is 0 Å². The molecule has 0 bridgehead atoms. The minimum atomic E-state index is -0.212. The lowest BCUT2D eigenvalue weighted by Gasteiger charge is -2.16. The van der Waals surface area contributed by atoms with Gasteiger partial charge in [0.1, 0.15) is 12.4 Å². The van der Waals surface area contributed by atoms with Crippen molar-refractivity contribution < 1.29 is 19.0 Å². The number of hydrogen-bond acceptors (Lipinski definition) is 5. The molecule has 0 radical (unpaired) electrons. The van der Waals surface area contributed by atoms with Gasteiger partial charge in [0.2, 0.25) is 0 Å². The Kier molecular flexibility index (Phi) is 6.54. The van der Waals surface area contributed by atoms with Gasteiger partial charge >= 0.3 is 0 Å². The van der Waals surface area contributed by atoms with Crippen LogP contribution in [0.2, 0.25) is 0 Å². The molecular formula is C21H26N2O4. The number of benzene rings is 2. The molecular weight excluding hydrogens is 344 g/mol. The van der Waals surface area contributed by atoms with Gasteiger partial charge in [-0.15, -0.1) is 0 Å². The summed E-state index contributed by atoms with van der Waals surface area (Å²) in [6.07, 6.45) is 4.76. The Morgan fingerprint density at radius 1 is 1.11 bits per heavy atom. The molecule has 0 aliphatic heterocycles. The van der Waals surface area contributed by atoms with E-state index in [4.69, 9.17) is 19.9 Å². The zero-order valence-electron chi connectivity index (χ0n) is 15.6. The zero-order valence-corrected chi connectivity index (χ0v) is 15.6. The highest BCUT2D eigenvalue weighted by atomic mass is 16.5. The fraction of sp³-hybridized carbons (Fsp3) is 0.381.